The fourth-order valence-corrected chi connectivity index (χ4v) is 5.77. The predicted molar refractivity (Wildman–Crippen MR) is 106 cm³/mol. The Kier molecular flexibility index (Phi) is 5.98. The van der Waals surface area contributed by atoms with Crippen molar-refractivity contribution in [2.45, 2.75) is 23.8 Å². The van der Waals surface area contributed by atoms with E-state index in [-0.39, 0.29) is 10.9 Å². The smallest absolute Gasteiger partial charge is 0.243 e. The molecule has 1 atom stereocenters. The highest BCUT2D eigenvalue weighted by molar-refractivity contribution is 9.10. The number of sulfonamides is 1. The van der Waals surface area contributed by atoms with E-state index in [1.807, 2.05) is 12.1 Å². The zero-order chi connectivity index (χ0) is 19.6. The number of halogens is 1. The molecule has 8 heteroatoms. The molecule has 0 amide bonds. The van der Waals surface area contributed by atoms with Crippen molar-refractivity contribution in [3.8, 4) is 17.2 Å². The summed E-state index contributed by atoms with van der Waals surface area (Å²) in [4.78, 5) is 0.231. The lowest BCUT2D eigenvalue weighted by molar-refractivity contribution is 0.361. The zero-order valence-corrected chi connectivity index (χ0v) is 17.8. The summed E-state index contributed by atoms with van der Waals surface area (Å²) in [6, 6.07) is 9.99. The first-order valence-electron chi connectivity index (χ1n) is 8.49. The van der Waals surface area contributed by atoms with Crippen LogP contribution in [0, 0.1) is 0 Å². The van der Waals surface area contributed by atoms with E-state index in [0.29, 0.717) is 28.3 Å². The van der Waals surface area contributed by atoms with Crippen molar-refractivity contribution in [3.05, 3.63) is 46.4 Å². The van der Waals surface area contributed by atoms with E-state index in [0.717, 1.165) is 18.4 Å². The van der Waals surface area contributed by atoms with Crippen LogP contribution in [0.1, 0.15) is 24.4 Å². The molecule has 1 fully saturated rings. The van der Waals surface area contributed by atoms with Crippen LogP contribution in [0.4, 0.5) is 0 Å². The third-order valence-corrected chi connectivity index (χ3v) is 7.26. The van der Waals surface area contributed by atoms with Gasteiger partial charge in [-0.2, -0.15) is 4.31 Å². The van der Waals surface area contributed by atoms with Gasteiger partial charge in [0, 0.05) is 18.2 Å². The van der Waals surface area contributed by atoms with Crippen LogP contribution in [-0.2, 0) is 10.0 Å². The van der Waals surface area contributed by atoms with Gasteiger partial charge in [-0.3, -0.25) is 0 Å². The molecule has 0 aliphatic carbocycles. The molecule has 3 rings (SSSR count). The van der Waals surface area contributed by atoms with Gasteiger partial charge in [0.05, 0.1) is 36.7 Å². The van der Waals surface area contributed by atoms with E-state index in [4.69, 9.17) is 14.2 Å². The molecule has 0 bridgehead atoms. The maximum Gasteiger partial charge on any atom is 0.243 e. The Morgan fingerprint density at radius 2 is 1.74 bits per heavy atom. The summed E-state index contributed by atoms with van der Waals surface area (Å²) in [5.41, 5.74) is 0.840. The van der Waals surface area contributed by atoms with Gasteiger partial charge >= 0.3 is 0 Å². The zero-order valence-electron chi connectivity index (χ0n) is 15.4. The normalized spacial score (nSPS) is 17.7. The van der Waals surface area contributed by atoms with E-state index in [2.05, 4.69) is 15.9 Å². The molecule has 27 heavy (non-hydrogen) atoms. The number of methoxy groups -OCH3 is 3. The lowest BCUT2D eigenvalue weighted by atomic mass is 10.0. The number of hydrogen-bond donors (Lipinski definition) is 0. The van der Waals surface area contributed by atoms with Gasteiger partial charge in [0.15, 0.2) is 0 Å². The summed E-state index contributed by atoms with van der Waals surface area (Å²) in [6.45, 7) is 0.464. The second-order valence-electron chi connectivity index (χ2n) is 6.18. The maximum absolute atomic E-state index is 13.3. The van der Waals surface area contributed by atoms with Crippen molar-refractivity contribution >= 4 is 26.0 Å². The molecular weight excluding hydrogens is 434 g/mol. The van der Waals surface area contributed by atoms with Crippen molar-refractivity contribution in [2.75, 3.05) is 27.9 Å². The molecule has 146 valence electrons. The van der Waals surface area contributed by atoms with Crippen LogP contribution in [-0.4, -0.2) is 40.6 Å². The van der Waals surface area contributed by atoms with Gasteiger partial charge in [-0.25, -0.2) is 8.42 Å². The number of hydrogen-bond acceptors (Lipinski definition) is 5. The van der Waals surface area contributed by atoms with Crippen molar-refractivity contribution < 1.29 is 22.6 Å². The Hall–Kier alpha value is -1.77. The minimum Gasteiger partial charge on any atom is -0.497 e. The fraction of sp³-hybridized carbons (Fsp3) is 0.368. The lowest BCUT2D eigenvalue weighted by Crippen LogP contribution is -2.31. The first-order chi connectivity index (χ1) is 12.9. The molecular formula is C19H22BrNO5S. The molecule has 1 heterocycles. The average molecular weight is 456 g/mol. The van der Waals surface area contributed by atoms with E-state index in [1.54, 1.807) is 49.9 Å². The highest BCUT2D eigenvalue weighted by atomic mass is 79.9. The summed E-state index contributed by atoms with van der Waals surface area (Å²) in [7, 11) is 1.04. The van der Waals surface area contributed by atoms with Crippen LogP contribution in [0.3, 0.4) is 0 Å². The van der Waals surface area contributed by atoms with E-state index < -0.39 is 10.0 Å². The van der Waals surface area contributed by atoms with Crippen LogP contribution < -0.4 is 14.2 Å². The maximum atomic E-state index is 13.3. The van der Waals surface area contributed by atoms with Gasteiger partial charge < -0.3 is 14.2 Å². The first kappa shape index (κ1) is 20.0. The molecule has 2 aromatic rings. The Bertz CT molecular complexity index is 932. The molecule has 0 aromatic heterocycles. The summed E-state index contributed by atoms with van der Waals surface area (Å²) < 4.78 is 44.7. The van der Waals surface area contributed by atoms with Gasteiger partial charge in [0.1, 0.15) is 17.2 Å². The monoisotopic (exact) mass is 455 g/mol. The fourth-order valence-electron chi connectivity index (χ4n) is 3.38. The minimum absolute atomic E-state index is 0.231. The summed E-state index contributed by atoms with van der Waals surface area (Å²) in [6.07, 6.45) is 1.52. The molecule has 2 aromatic carbocycles. The van der Waals surface area contributed by atoms with E-state index in [9.17, 15) is 8.42 Å². The molecule has 1 aliphatic heterocycles. The van der Waals surface area contributed by atoms with Gasteiger partial charge in [-0.1, -0.05) is 6.07 Å². The van der Waals surface area contributed by atoms with Crippen molar-refractivity contribution in [2.24, 2.45) is 0 Å². The predicted octanol–water partition coefficient (Wildman–Crippen LogP) is 4.00. The number of benzene rings is 2. The molecule has 6 nitrogen and oxygen atoms in total. The molecule has 0 N–H and O–H groups in total. The molecule has 1 aliphatic rings. The van der Waals surface area contributed by atoms with Gasteiger partial charge in [-0.15, -0.1) is 0 Å². The van der Waals surface area contributed by atoms with Crippen molar-refractivity contribution in [3.63, 3.8) is 0 Å². The third kappa shape index (κ3) is 3.79. The standard InChI is InChI=1S/C19H22BrNO5S/c1-24-13-6-8-15(19(11-13)26-3)17-5-4-10-21(17)27(22,23)14-7-9-18(25-2)16(20)12-14/h6-9,11-12,17H,4-5,10H2,1-3H3. The highest BCUT2D eigenvalue weighted by Gasteiger charge is 2.37. The van der Waals surface area contributed by atoms with E-state index >= 15 is 0 Å². The van der Waals surface area contributed by atoms with Gasteiger partial charge in [-0.05, 0) is 53.0 Å². The largest absolute Gasteiger partial charge is 0.497 e. The third-order valence-electron chi connectivity index (χ3n) is 4.73. The molecule has 0 spiro atoms. The average Bonchev–Trinajstić information content (AvgIpc) is 3.17. The number of rotatable bonds is 6. The Morgan fingerprint density at radius 3 is 2.37 bits per heavy atom. The highest BCUT2D eigenvalue weighted by Crippen LogP contribution is 2.42. The molecule has 1 unspecified atom stereocenters. The summed E-state index contributed by atoms with van der Waals surface area (Å²) >= 11 is 3.37. The Balaban J connectivity index is 2.00. The quantitative estimate of drug-likeness (QED) is 0.658. The SMILES string of the molecule is COc1ccc(C2CCCN2S(=O)(=O)c2ccc(OC)c(Br)c2)c(OC)c1. The first-order valence-corrected chi connectivity index (χ1v) is 10.7. The Morgan fingerprint density at radius 1 is 1.00 bits per heavy atom. The minimum atomic E-state index is -3.66. The van der Waals surface area contributed by atoms with Crippen LogP contribution in [0.2, 0.25) is 0 Å². The van der Waals surface area contributed by atoms with Crippen molar-refractivity contribution in [1.82, 2.24) is 4.31 Å². The van der Waals surface area contributed by atoms with Crippen molar-refractivity contribution in [1.29, 1.82) is 0 Å². The van der Waals surface area contributed by atoms with Crippen LogP contribution >= 0.6 is 15.9 Å². The lowest BCUT2D eigenvalue weighted by Gasteiger charge is -2.26. The molecule has 1 saturated heterocycles. The van der Waals surface area contributed by atoms with Crippen LogP contribution in [0.25, 0.3) is 0 Å². The summed E-state index contributed by atoms with van der Waals surface area (Å²) in [5, 5.41) is 0. The molecule has 0 radical (unpaired) electrons. The van der Waals surface area contributed by atoms with E-state index in [1.165, 1.54) is 0 Å². The summed E-state index contributed by atoms with van der Waals surface area (Å²) in [5.74, 6) is 1.88. The van der Waals surface area contributed by atoms with Crippen LogP contribution in [0.15, 0.2) is 45.8 Å². The molecule has 0 saturated carbocycles. The Labute approximate surface area is 168 Å². The number of nitrogens with zero attached hydrogens (tertiary/aromatic N) is 1. The second kappa shape index (κ2) is 8.08. The van der Waals surface area contributed by atoms with Gasteiger partial charge in [0.2, 0.25) is 10.0 Å². The van der Waals surface area contributed by atoms with Crippen LogP contribution in [0.5, 0.6) is 17.2 Å². The number of ether oxygens (including phenoxy) is 3. The second-order valence-corrected chi connectivity index (χ2v) is 8.92. The topological polar surface area (TPSA) is 65.1 Å². The van der Waals surface area contributed by atoms with Gasteiger partial charge in [0.25, 0.3) is 0 Å².